The fraction of sp³-hybridized carbons (Fsp3) is 0.333. The number of methoxy groups -OCH3 is 2. The molecule has 0 amide bonds. The molecule has 0 bridgehead atoms. The largest absolute Gasteiger partial charge is 0.497 e. The topological polar surface area (TPSA) is 61.2 Å². The number of nitrogens with one attached hydrogen (secondary N) is 1. The molecule has 1 aromatic carbocycles. The first kappa shape index (κ1) is 17.9. The van der Waals surface area contributed by atoms with Gasteiger partial charge >= 0.3 is 0 Å². The number of benzene rings is 1. The highest BCUT2D eigenvalue weighted by Gasteiger charge is 2.25. The Hall–Kier alpha value is -2.90. The molecule has 2 heterocycles. The van der Waals surface area contributed by atoms with Gasteiger partial charge in [0.15, 0.2) is 11.6 Å². The Morgan fingerprint density at radius 3 is 2.46 bits per heavy atom. The van der Waals surface area contributed by atoms with E-state index in [-0.39, 0.29) is 0 Å². The van der Waals surface area contributed by atoms with Gasteiger partial charge in [0.1, 0.15) is 16.8 Å². The zero-order valence-electron chi connectivity index (χ0n) is 14.8. The van der Waals surface area contributed by atoms with E-state index in [0.29, 0.717) is 29.1 Å². The van der Waals surface area contributed by atoms with Crippen LogP contribution in [0.2, 0.25) is 0 Å². The van der Waals surface area contributed by atoms with Crippen molar-refractivity contribution < 1.29 is 18.3 Å². The average Bonchev–Trinajstić information content (AvgIpc) is 3.01. The lowest BCUT2D eigenvalue weighted by Crippen LogP contribution is -2.19. The number of imidazole rings is 1. The van der Waals surface area contributed by atoms with E-state index in [4.69, 9.17) is 9.47 Å². The van der Waals surface area contributed by atoms with Gasteiger partial charge in [0.25, 0.3) is 5.92 Å². The maximum atomic E-state index is 13.5. The van der Waals surface area contributed by atoms with Gasteiger partial charge in [-0.15, -0.1) is 0 Å². The number of anilines is 1. The van der Waals surface area contributed by atoms with E-state index in [0.717, 1.165) is 18.2 Å². The van der Waals surface area contributed by atoms with Crippen LogP contribution < -0.4 is 14.8 Å². The van der Waals surface area contributed by atoms with E-state index in [2.05, 4.69) is 15.3 Å². The lowest BCUT2D eigenvalue weighted by Gasteiger charge is -2.15. The van der Waals surface area contributed by atoms with E-state index in [1.807, 2.05) is 24.3 Å². The summed E-state index contributed by atoms with van der Waals surface area (Å²) in [5.41, 5.74) is 2.01. The van der Waals surface area contributed by atoms with Crippen LogP contribution in [0.25, 0.3) is 11.0 Å². The Kier molecular flexibility index (Phi) is 4.92. The summed E-state index contributed by atoms with van der Waals surface area (Å²) in [6.45, 7) is 0.883. The molecular weight excluding hydrogens is 342 g/mol. The zero-order valence-corrected chi connectivity index (χ0v) is 14.8. The average molecular weight is 362 g/mol. The number of pyridine rings is 1. The summed E-state index contributed by atoms with van der Waals surface area (Å²) in [4.78, 5) is 8.45. The van der Waals surface area contributed by atoms with Gasteiger partial charge in [0, 0.05) is 13.5 Å². The van der Waals surface area contributed by atoms with Gasteiger partial charge in [0.2, 0.25) is 0 Å². The number of hydrogen-bond acceptors (Lipinski definition) is 5. The number of rotatable bonds is 7. The van der Waals surface area contributed by atoms with E-state index in [1.54, 1.807) is 13.3 Å². The molecule has 0 radical (unpaired) electrons. The molecular formula is C18H20F2N4O2. The fourth-order valence-corrected chi connectivity index (χ4v) is 2.70. The van der Waals surface area contributed by atoms with Gasteiger partial charge in [-0.05, 0) is 17.7 Å². The minimum atomic E-state index is -2.86. The molecule has 8 heteroatoms. The molecule has 0 fully saturated rings. The highest BCUT2D eigenvalue weighted by atomic mass is 19.3. The van der Waals surface area contributed by atoms with Crippen molar-refractivity contribution >= 4 is 16.9 Å². The molecule has 0 aliphatic carbocycles. The predicted octanol–water partition coefficient (Wildman–Crippen LogP) is 3.72. The SMILES string of the molecule is COc1ccc(CNc2ncc3ncn(CC(C)(F)F)c3c2OC)cc1. The highest BCUT2D eigenvalue weighted by molar-refractivity contribution is 5.86. The first-order valence-corrected chi connectivity index (χ1v) is 8.04. The molecule has 1 N–H and O–H groups in total. The van der Waals surface area contributed by atoms with Gasteiger partial charge in [-0.1, -0.05) is 12.1 Å². The van der Waals surface area contributed by atoms with Gasteiger partial charge in [-0.2, -0.15) is 0 Å². The van der Waals surface area contributed by atoms with Crippen molar-refractivity contribution in [2.24, 2.45) is 0 Å². The Labute approximate surface area is 149 Å². The van der Waals surface area contributed by atoms with E-state index in [1.165, 1.54) is 18.0 Å². The van der Waals surface area contributed by atoms with E-state index in [9.17, 15) is 8.78 Å². The quantitative estimate of drug-likeness (QED) is 0.694. The maximum absolute atomic E-state index is 13.5. The molecule has 0 spiro atoms. The Morgan fingerprint density at radius 1 is 1.12 bits per heavy atom. The maximum Gasteiger partial charge on any atom is 0.262 e. The lowest BCUT2D eigenvalue weighted by atomic mass is 10.2. The monoisotopic (exact) mass is 362 g/mol. The van der Waals surface area contributed by atoms with Crippen LogP contribution in [0.15, 0.2) is 36.8 Å². The molecule has 0 saturated heterocycles. The van der Waals surface area contributed by atoms with E-state index < -0.39 is 12.5 Å². The summed E-state index contributed by atoms with van der Waals surface area (Å²) >= 11 is 0. The summed E-state index contributed by atoms with van der Waals surface area (Å²) < 4.78 is 38.9. The summed E-state index contributed by atoms with van der Waals surface area (Å²) in [7, 11) is 3.09. The third-order valence-corrected chi connectivity index (χ3v) is 3.88. The van der Waals surface area contributed by atoms with Crippen molar-refractivity contribution in [2.75, 3.05) is 19.5 Å². The summed E-state index contributed by atoms with van der Waals surface area (Å²) in [6, 6.07) is 7.59. The minimum absolute atomic E-state index is 0.387. The smallest absolute Gasteiger partial charge is 0.262 e. The Morgan fingerprint density at radius 2 is 1.85 bits per heavy atom. The van der Waals surface area contributed by atoms with Crippen molar-refractivity contribution in [3.8, 4) is 11.5 Å². The minimum Gasteiger partial charge on any atom is -0.497 e. The predicted molar refractivity (Wildman–Crippen MR) is 95.0 cm³/mol. The second kappa shape index (κ2) is 7.15. The van der Waals surface area contributed by atoms with Crippen molar-refractivity contribution in [1.82, 2.24) is 14.5 Å². The van der Waals surface area contributed by atoms with Crippen LogP contribution in [0.3, 0.4) is 0 Å². The van der Waals surface area contributed by atoms with Gasteiger partial charge in [-0.25, -0.2) is 18.7 Å². The van der Waals surface area contributed by atoms with Crippen molar-refractivity contribution in [1.29, 1.82) is 0 Å². The molecule has 0 unspecified atom stereocenters. The molecule has 0 saturated carbocycles. The molecule has 26 heavy (non-hydrogen) atoms. The summed E-state index contributed by atoms with van der Waals surface area (Å²) in [5.74, 6) is -1.23. The van der Waals surface area contributed by atoms with Gasteiger partial charge in [0.05, 0.1) is 33.3 Å². The van der Waals surface area contributed by atoms with Crippen LogP contribution in [-0.4, -0.2) is 34.7 Å². The second-order valence-electron chi connectivity index (χ2n) is 6.02. The number of hydrogen-bond donors (Lipinski definition) is 1. The van der Waals surface area contributed by atoms with Crippen LogP contribution in [0.4, 0.5) is 14.6 Å². The number of aromatic nitrogens is 3. The first-order chi connectivity index (χ1) is 12.4. The molecule has 0 atom stereocenters. The molecule has 3 aromatic rings. The zero-order chi connectivity index (χ0) is 18.7. The van der Waals surface area contributed by atoms with Crippen LogP contribution >= 0.6 is 0 Å². The van der Waals surface area contributed by atoms with Gasteiger partial charge in [-0.3, -0.25) is 0 Å². The van der Waals surface area contributed by atoms with Gasteiger partial charge < -0.3 is 19.4 Å². The molecule has 138 valence electrons. The molecule has 0 aliphatic heterocycles. The van der Waals surface area contributed by atoms with Crippen molar-refractivity contribution in [3.05, 3.63) is 42.4 Å². The Balaban J connectivity index is 1.88. The summed E-state index contributed by atoms with van der Waals surface area (Å²) in [5, 5.41) is 3.18. The number of alkyl halides is 2. The van der Waals surface area contributed by atoms with Crippen molar-refractivity contribution in [3.63, 3.8) is 0 Å². The third kappa shape index (κ3) is 3.84. The number of halogens is 2. The molecule has 3 rings (SSSR count). The summed E-state index contributed by atoms with van der Waals surface area (Å²) in [6.07, 6.45) is 2.91. The molecule has 2 aromatic heterocycles. The number of fused-ring (bicyclic) bond motifs is 1. The number of ether oxygens (including phenoxy) is 2. The standard InChI is InChI=1S/C18H20F2N4O2/c1-18(19,20)10-24-11-23-14-9-22-17(16(26-3)15(14)24)21-8-12-4-6-13(25-2)7-5-12/h4-7,9,11H,8,10H2,1-3H3,(H,21,22). The van der Waals surface area contributed by atoms with Crippen LogP contribution in [0.1, 0.15) is 12.5 Å². The lowest BCUT2D eigenvalue weighted by molar-refractivity contribution is 0.00489. The van der Waals surface area contributed by atoms with Crippen LogP contribution in [0, 0.1) is 0 Å². The number of nitrogens with zero attached hydrogens (tertiary/aromatic N) is 3. The van der Waals surface area contributed by atoms with E-state index >= 15 is 0 Å². The van der Waals surface area contributed by atoms with Crippen LogP contribution in [-0.2, 0) is 13.1 Å². The Bertz CT molecular complexity index is 889. The first-order valence-electron chi connectivity index (χ1n) is 8.04. The molecule has 6 nitrogen and oxygen atoms in total. The normalized spacial score (nSPS) is 11.6. The van der Waals surface area contributed by atoms with Crippen LogP contribution in [0.5, 0.6) is 11.5 Å². The second-order valence-corrected chi connectivity index (χ2v) is 6.02. The fourth-order valence-electron chi connectivity index (χ4n) is 2.70. The van der Waals surface area contributed by atoms with Crippen molar-refractivity contribution in [2.45, 2.75) is 25.9 Å². The third-order valence-electron chi connectivity index (χ3n) is 3.88. The molecule has 0 aliphatic rings. The highest BCUT2D eigenvalue weighted by Crippen LogP contribution is 2.32.